The Morgan fingerprint density at radius 2 is 2.00 bits per heavy atom. The smallest absolute Gasteiger partial charge is 0.341 e. The number of hydrogen-bond acceptors (Lipinski definition) is 6. The molecule has 1 aliphatic rings. The van der Waals surface area contributed by atoms with Crippen molar-refractivity contribution < 1.29 is 19.1 Å². The fourth-order valence-electron chi connectivity index (χ4n) is 3.84. The molecule has 1 aromatic heterocycles. The minimum atomic E-state index is -0.423. The molecule has 3 aromatic rings. The number of para-hydroxylation sites is 1. The molecule has 166 valence electrons. The van der Waals surface area contributed by atoms with E-state index in [9.17, 15) is 9.59 Å². The van der Waals surface area contributed by atoms with Crippen molar-refractivity contribution in [2.24, 2.45) is 0 Å². The van der Waals surface area contributed by atoms with E-state index in [1.165, 1.54) is 0 Å². The number of carbonyl (C=O) groups is 2. The van der Waals surface area contributed by atoms with E-state index in [0.29, 0.717) is 36.5 Å². The van der Waals surface area contributed by atoms with Gasteiger partial charge in [-0.1, -0.05) is 18.2 Å². The molecule has 1 saturated heterocycles. The average Bonchev–Trinajstić information content (AvgIpc) is 3.22. The van der Waals surface area contributed by atoms with E-state index in [0.717, 1.165) is 36.0 Å². The van der Waals surface area contributed by atoms with Crippen LogP contribution in [0.3, 0.4) is 0 Å². The normalized spacial score (nSPS) is 13.4. The van der Waals surface area contributed by atoms with Crippen LogP contribution in [0.1, 0.15) is 36.5 Å². The first-order chi connectivity index (χ1) is 15.7. The molecule has 2 aromatic carbocycles. The zero-order valence-electron chi connectivity index (χ0n) is 18.2. The Morgan fingerprint density at radius 1 is 1.16 bits per heavy atom. The highest BCUT2D eigenvalue weighted by Crippen LogP contribution is 2.31. The highest BCUT2D eigenvalue weighted by Gasteiger charge is 2.20. The third-order valence-corrected chi connectivity index (χ3v) is 5.39. The fourth-order valence-corrected chi connectivity index (χ4v) is 3.84. The zero-order chi connectivity index (χ0) is 22.3. The first kappa shape index (κ1) is 21.6. The number of nitrogens with zero attached hydrogens (tertiary/aromatic N) is 2. The molecule has 7 nitrogen and oxygen atoms in total. The van der Waals surface area contributed by atoms with Crippen LogP contribution in [0.5, 0.6) is 11.5 Å². The summed E-state index contributed by atoms with van der Waals surface area (Å²) in [6.45, 7) is 4.19. The molecule has 0 bridgehead atoms. The minimum Gasteiger partial charge on any atom is -0.462 e. The summed E-state index contributed by atoms with van der Waals surface area (Å²) in [6.07, 6.45) is 3.89. The van der Waals surface area contributed by atoms with Crippen LogP contribution in [0, 0.1) is 0 Å². The van der Waals surface area contributed by atoms with Crippen molar-refractivity contribution in [1.29, 1.82) is 0 Å². The SMILES string of the molecule is CCOC(=O)c1cnc2ccc(Oc3ccccc3)cc2c1NCCCN1CCCC1=O. The predicted octanol–water partition coefficient (Wildman–Crippen LogP) is 4.63. The number of aromatic nitrogens is 1. The molecule has 7 heteroatoms. The molecule has 0 spiro atoms. The predicted molar refractivity (Wildman–Crippen MR) is 123 cm³/mol. The first-order valence-corrected chi connectivity index (χ1v) is 11.0. The Kier molecular flexibility index (Phi) is 6.84. The molecule has 4 rings (SSSR count). The molecule has 0 unspecified atom stereocenters. The summed E-state index contributed by atoms with van der Waals surface area (Å²) in [5.41, 5.74) is 1.80. The number of nitrogens with one attached hydrogen (secondary N) is 1. The van der Waals surface area contributed by atoms with Crippen molar-refractivity contribution in [1.82, 2.24) is 9.88 Å². The van der Waals surface area contributed by atoms with Gasteiger partial charge in [-0.15, -0.1) is 0 Å². The Bertz CT molecular complexity index is 1100. The molecular formula is C25H27N3O4. The Labute approximate surface area is 187 Å². The van der Waals surface area contributed by atoms with Gasteiger partial charge in [0.15, 0.2) is 0 Å². The molecule has 1 N–H and O–H groups in total. The number of fused-ring (bicyclic) bond motifs is 1. The van der Waals surface area contributed by atoms with E-state index < -0.39 is 5.97 Å². The van der Waals surface area contributed by atoms with Crippen molar-refractivity contribution in [3.05, 3.63) is 60.3 Å². The zero-order valence-corrected chi connectivity index (χ0v) is 18.2. The van der Waals surface area contributed by atoms with Gasteiger partial charge in [-0.2, -0.15) is 0 Å². The van der Waals surface area contributed by atoms with E-state index in [1.807, 2.05) is 53.4 Å². The maximum atomic E-state index is 12.6. The number of hydrogen-bond donors (Lipinski definition) is 1. The maximum absolute atomic E-state index is 12.6. The van der Waals surface area contributed by atoms with Crippen LogP contribution in [-0.2, 0) is 9.53 Å². The minimum absolute atomic E-state index is 0.217. The molecule has 0 radical (unpaired) electrons. The molecular weight excluding hydrogens is 406 g/mol. The number of carbonyl (C=O) groups excluding carboxylic acids is 2. The number of ether oxygens (including phenoxy) is 2. The van der Waals surface area contributed by atoms with Gasteiger partial charge in [-0.25, -0.2) is 4.79 Å². The Morgan fingerprint density at radius 3 is 2.75 bits per heavy atom. The lowest BCUT2D eigenvalue weighted by molar-refractivity contribution is -0.127. The summed E-state index contributed by atoms with van der Waals surface area (Å²) in [7, 11) is 0. The van der Waals surface area contributed by atoms with Gasteiger partial charge in [0.05, 0.1) is 17.8 Å². The summed E-state index contributed by atoms with van der Waals surface area (Å²) in [5, 5.41) is 4.17. The van der Waals surface area contributed by atoms with E-state index in [-0.39, 0.29) is 12.5 Å². The highest BCUT2D eigenvalue weighted by molar-refractivity contribution is 6.05. The maximum Gasteiger partial charge on any atom is 0.341 e. The van der Waals surface area contributed by atoms with Gasteiger partial charge in [-0.3, -0.25) is 9.78 Å². The topological polar surface area (TPSA) is 80.8 Å². The van der Waals surface area contributed by atoms with Gasteiger partial charge in [-0.05, 0) is 50.1 Å². The average molecular weight is 434 g/mol. The van der Waals surface area contributed by atoms with Gasteiger partial charge in [0.1, 0.15) is 17.1 Å². The number of esters is 1. The van der Waals surface area contributed by atoms with Gasteiger partial charge in [0.25, 0.3) is 0 Å². The van der Waals surface area contributed by atoms with E-state index >= 15 is 0 Å². The number of amides is 1. The van der Waals surface area contributed by atoms with E-state index in [4.69, 9.17) is 9.47 Å². The summed E-state index contributed by atoms with van der Waals surface area (Å²) in [5.74, 6) is 1.17. The number of likely N-dealkylation sites (tertiary alicyclic amines) is 1. The van der Waals surface area contributed by atoms with Crippen LogP contribution in [0.2, 0.25) is 0 Å². The molecule has 32 heavy (non-hydrogen) atoms. The largest absolute Gasteiger partial charge is 0.462 e. The second kappa shape index (κ2) is 10.1. The van der Waals surface area contributed by atoms with E-state index in [2.05, 4.69) is 10.3 Å². The molecule has 0 atom stereocenters. The first-order valence-electron chi connectivity index (χ1n) is 11.0. The summed E-state index contributed by atoms with van der Waals surface area (Å²) < 4.78 is 11.2. The van der Waals surface area contributed by atoms with Crippen LogP contribution in [0.4, 0.5) is 5.69 Å². The number of anilines is 1. The van der Waals surface area contributed by atoms with Crippen LogP contribution < -0.4 is 10.1 Å². The van der Waals surface area contributed by atoms with Crippen molar-refractivity contribution in [3.63, 3.8) is 0 Å². The summed E-state index contributed by atoms with van der Waals surface area (Å²) in [4.78, 5) is 30.8. The lowest BCUT2D eigenvalue weighted by atomic mass is 10.1. The van der Waals surface area contributed by atoms with Gasteiger partial charge < -0.3 is 19.7 Å². The standard InChI is InChI=1S/C25H27N3O4/c1-2-31-25(30)21-17-27-22-12-11-19(32-18-8-4-3-5-9-18)16-20(22)24(21)26-13-7-15-28-14-6-10-23(28)29/h3-5,8-9,11-12,16-17H,2,6-7,10,13-15H2,1H3,(H,26,27). The molecule has 0 aliphatic carbocycles. The fraction of sp³-hybridized carbons (Fsp3) is 0.320. The molecule has 0 saturated carbocycles. The third-order valence-electron chi connectivity index (χ3n) is 5.39. The van der Waals surface area contributed by atoms with E-state index in [1.54, 1.807) is 13.1 Å². The van der Waals surface area contributed by atoms with Crippen molar-refractivity contribution in [3.8, 4) is 11.5 Å². The number of benzene rings is 2. The molecule has 1 amide bonds. The van der Waals surface area contributed by atoms with Crippen molar-refractivity contribution >= 4 is 28.5 Å². The monoisotopic (exact) mass is 433 g/mol. The second-order valence-corrected chi connectivity index (χ2v) is 7.63. The lowest BCUT2D eigenvalue weighted by Gasteiger charge is -2.17. The van der Waals surface area contributed by atoms with Gasteiger partial charge in [0.2, 0.25) is 5.91 Å². The molecule has 1 fully saturated rings. The molecule has 2 heterocycles. The third kappa shape index (κ3) is 4.99. The second-order valence-electron chi connectivity index (χ2n) is 7.63. The quantitative estimate of drug-likeness (QED) is 0.392. The number of pyridine rings is 1. The van der Waals surface area contributed by atoms with Gasteiger partial charge in [0, 0.05) is 37.6 Å². The lowest BCUT2D eigenvalue weighted by Crippen LogP contribution is -2.27. The Balaban J connectivity index is 1.59. The highest BCUT2D eigenvalue weighted by atomic mass is 16.5. The van der Waals surface area contributed by atoms with Crippen molar-refractivity contribution in [2.45, 2.75) is 26.2 Å². The van der Waals surface area contributed by atoms with Crippen LogP contribution in [0.25, 0.3) is 10.9 Å². The van der Waals surface area contributed by atoms with Crippen LogP contribution >= 0.6 is 0 Å². The van der Waals surface area contributed by atoms with Crippen molar-refractivity contribution in [2.75, 3.05) is 31.6 Å². The summed E-state index contributed by atoms with van der Waals surface area (Å²) in [6, 6.07) is 15.1. The Hall–Kier alpha value is -3.61. The number of rotatable bonds is 9. The van der Waals surface area contributed by atoms with Crippen LogP contribution in [0.15, 0.2) is 54.7 Å². The molecule has 1 aliphatic heterocycles. The summed E-state index contributed by atoms with van der Waals surface area (Å²) >= 11 is 0. The van der Waals surface area contributed by atoms with Gasteiger partial charge >= 0.3 is 5.97 Å². The van der Waals surface area contributed by atoms with Crippen LogP contribution in [-0.4, -0.2) is 48.0 Å².